The summed E-state index contributed by atoms with van der Waals surface area (Å²) in [6.07, 6.45) is 5.16. The van der Waals surface area contributed by atoms with Crippen LogP contribution in [0.5, 0.6) is 0 Å². The van der Waals surface area contributed by atoms with Gasteiger partial charge in [-0.05, 0) is 49.0 Å². The minimum Gasteiger partial charge on any atom is -0.469 e. The molecular formula is C19H23ClN2O4. The molecule has 2 heterocycles. The molecule has 0 unspecified atom stereocenters. The Morgan fingerprint density at radius 2 is 1.73 bits per heavy atom. The van der Waals surface area contributed by atoms with Gasteiger partial charge in [0.2, 0.25) is 0 Å². The van der Waals surface area contributed by atoms with Gasteiger partial charge >= 0.3 is 11.9 Å². The molecule has 0 radical (unpaired) electrons. The molecule has 0 aliphatic carbocycles. The average molecular weight is 379 g/mol. The summed E-state index contributed by atoms with van der Waals surface area (Å²) in [6, 6.07) is 0. The number of nitrogens with one attached hydrogen (secondary N) is 1. The number of nitrogens with zero attached hydrogens (tertiary/aromatic N) is 1. The third-order valence-electron chi connectivity index (χ3n) is 4.40. The molecule has 0 spiro atoms. The van der Waals surface area contributed by atoms with Gasteiger partial charge in [-0.15, -0.1) is 0 Å². The van der Waals surface area contributed by atoms with Crippen molar-refractivity contribution in [3.05, 3.63) is 39.9 Å². The maximum Gasteiger partial charge on any atom is 0.305 e. The number of hydrogen-bond donors (Lipinski definition) is 1. The van der Waals surface area contributed by atoms with E-state index >= 15 is 0 Å². The Bertz CT molecular complexity index is 802. The Labute approximate surface area is 157 Å². The summed E-state index contributed by atoms with van der Waals surface area (Å²) in [5, 5.41) is 0.478. The topological polar surface area (TPSA) is 80.8 Å². The number of ether oxygens (including phenoxy) is 2. The quantitative estimate of drug-likeness (QED) is 0.733. The summed E-state index contributed by atoms with van der Waals surface area (Å²) >= 11 is 6.66. The highest BCUT2D eigenvalue weighted by Crippen LogP contribution is 2.36. The van der Waals surface area contributed by atoms with Crippen molar-refractivity contribution < 1.29 is 19.1 Å². The average Bonchev–Trinajstić information content (AvgIpc) is 3.19. The van der Waals surface area contributed by atoms with Gasteiger partial charge in [0, 0.05) is 25.3 Å². The fourth-order valence-corrected chi connectivity index (χ4v) is 3.19. The van der Waals surface area contributed by atoms with E-state index in [4.69, 9.17) is 21.1 Å². The van der Waals surface area contributed by atoms with Crippen LogP contribution in [0.2, 0.25) is 0 Å². The normalized spacial score (nSPS) is 15.4. The molecule has 140 valence electrons. The van der Waals surface area contributed by atoms with E-state index in [0.29, 0.717) is 23.6 Å². The van der Waals surface area contributed by atoms with Gasteiger partial charge in [0.15, 0.2) is 0 Å². The van der Waals surface area contributed by atoms with E-state index in [-0.39, 0.29) is 24.8 Å². The predicted octanol–water partition coefficient (Wildman–Crippen LogP) is 3.69. The zero-order chi connectivity index (χ0) is 19.3. The Balaban J connectivity index is 2.31. The molecule has 0 fully saturated rings. The molecule has 1 aromatic rings. The van der Waals surface area contributed by atoms with E-state index in [2.05, 4.69) is 9.98 Å². The van der Waals surface area contributed by atoms with E-state index in [1.807, 2.05) is 20.0 Å². The summed E-state index contributed by atoms with van der Waals surface area (Å²) in [7, 11) is 2.74. The van der Waals surface area contributed by atoms with E-state index in [0.717, 1.165) is 28.0 Å². The molecule has 2 rings (SSSR count). The molecule has 26 heavy (non-hydrogen) atoms. The molecule has 0 saturated carbocycles. The van der Waals surface area contributed by atoms with Gasteiger partial charge in [-0.3, -0.25) is 14.6 Å². The number of aromatic nitrogens is 1. The van der Waals surface area contributed by atoms with Crippen LogP contribution in [0.1, 0.15) is 43.0 Å². The molecule has 0 aromatic carbocycles. The van der Waals surface area contributed by atoms with Crippen molar-refractivity contribution in [1.82, 2.24) is 4.98 Å². The fourth-order valence-electron chi connectivity index (χ4n) is 2.86. The van der Waals surface area contributed by atoms with Crippen molar-refractivity contribution in [2.45, 2.75) is 39.5 Å². The molecule has 0 bridgehead atoms. The van der Waals surface area contributed by atoms with Crippen LogP contribution in [-0.2, 0) is 25.5 Å². The minimum absolute atomic E-state index is 0.263. The zero-order valence-corrected chi connectivity index (χ0v) is 16.2. The number of carbonyl (C=O) groups excluding carboxylic acids is 2. The Morgan fingerprint density at radius 3 is 2.35 bits per heavy atom. The Morgan fingerprint density at radius 1 is 1.12 bits per heavy atom. The highest BCUT2D eigenvalue weighted by Gasteiger charge is 2.22. The van der Waals surface area contributed by atoms with Gasteiger partial charge in [-0.1, -0.05) is 11.6 Å². The number of carbonyl (C=O) groups is 2. The van der Waals surface area contributed by atoms with Crippen LogP contribution >= 0.6 is 11.6 Å². The van der Waals surface area contributed by atoms with Crippen molar-refractivity contribution in [1.29, 1.82) is 0 Å². The van der Waals surface area contributed by atoms with E-state index < -0.39 is 0 Å². The number of aliphatic imine (C=N–C) groups is 1. The second kappa shape index (κ2) is 8.85. The summed E-state index contributed by atoms with van der Waals surface area (Å²) in [4.78, 5) is 30.5. The van der Waals surface area contributed by atoms with Crippen LogP contribution in [0, 0.1) is 6.92 Å². The van der Waals surface area contributed by atoms with Crippen molar-refractivity contribution in [3.8, 4) is 0 Å². The van der Waals surface area contributed by atoms with Crippen molar-refractivity contribution in [2.75, 3.05) is 14.2 Å². The lowest BCUT2D eigenvalue weighted by atomic mass is 10.0. The van der Waals surface area contributed by atoms with E-state index in [1.54, 1.807) is 6.21 Å². The number of aromatic amines is 1. The first-order valence-electron chi connectivity index (χ1n) is 8.33. The van der Waals surface area contributed by atoms with Crippen LogP contribution in [-0.4, -0.2) is 37.4 Å². The molecule has 1 aliphatic rings. The molecule has 1 N–H and O–H groups in total. The second-order valence-corrected chi connectivity index (χ2v) is 6.44. The molecule has 1 aromatic heterocycles. The maximum atomic E-state index is 11.5. The third kappa shape index (κ3) is 4.43. The van der Waals surface area contributed by atoms with Crippen molar-refractivity contribution in [2.24, 2.45) is 4.99 Å². The predicted molar refractivity (Wildman–Crippen MR) is 101 cm³/mol. The zero-order valence-electron chi connectivity index (χ0n) is 15.4. The lowest BCUT2D eigenvalue weighted by molar-refractivity contribution is -0.141. The van der Waals surface area contributed by atoms with Gasteiger partial charge in [0.25, 0.3) is 0 Å². The van der Waals surface area contributed by atoms with Crippen LogP contribution < -0.4 is 0 Å². The summed E-state index contributed by atoms with van der Waals surface area (Å²) < 4.78 is 9.43. The highest BCUT2D eigenvalue weighted by atomic mass is 35.5. The standard InChI is InChI=1S/C19H23ClN2O4/c1-11-9-21-18(13(11)5-7-15(23)25-3)17(20)19-14(12(2)10-22-19)6-8-16(24)26-4/h9-10,21H,5-8H2,1-4H3/b19-17+. The Kier molecular flexibility index (Phi) is 6.80. The van der Waals surface area contributed by atoms with Crippen LogP contribution in [0.25, 0.3) is 5.03 Å². The molecule has 0 atom stereocenters. The third-order valence-corrected chi connectivity index (χ3v) is 4.77. The van der Waals surface area contributed by atoms with Gasteiger partial charge in [0.05, 0.1) is 30.6 Å². The molecule has 0 saturated heterocycles. The number of methoxy groups -OCH3 is 2. The number of rotatable bonds is 7. The van der Waals surface area contributed by atoms with Crippen LogP contribution in [0.4, 0.5) is 0 Å². The molecule has 1 aliphatic heterocycles. The first kappa shape index (κ1) is 20.0. The highest BCUT2D eigenvalue weighted by molar-refractivity contribution is 6.49. The van der Waals surface area contributed by atoms with Crippen molar-refractivity contribution >= 4 is 34.8 Å². The summed E-state index contributed by atoms with van der Waals surface area (Å²) in [6.45, 7) is 3.89. The van der Waals surface area contributed by atoms with Gasteiger partial charge < -0.3 is 14.5 Å². The van der Waals surface area contributed by atoms with Gasteiger partial charge in [-0.25, -0.2) is 0 Å². The maximum absolute atomic E-state index is 11.5. The molecular weight excluding hydrogens is 356 g/mol. The van der Waals surface area contributed by atoms with Gasteiger partial charge in [-0.2, -0.15) is 0 Å². The smallest absolute Gasteiger partial charge is 0.305 e. The Hall–Kier alpha value is -2.34. The number of esters is 2. The number of allylic oxidation sites excluding steroid dienone is 2. The molecule has 6 nitrogen and oxygen atoms in total. The monoisotopic (exact) mass is 378 g/mol. The van der Waals surface area contributed by atoms with E-state index in [1.165, 1.54) is 14.2 Å². The lowest BCUT2D eigenvalue weighted by Crippen LogP contribution is -2.04. The first-order valence-corrected chi connectivity index (χ1v) is 8.71. The fraction of sp³-hybridized carbons (Fsp3) is 0.421. The summed E-state index contributed by atoms with van der Waals surface area (Å²) in [5.41, 5.74) is 5.26. The number of aryl methyl sites for hydroxylation is 1. The van der Waals surface area contributed by atoms with E-state index in [9.17, 15) is 9.59 Å². The number of halogens is 1. The van der Waals surface area contributed by atoms with Crippen molar-refractivity contribution in [3.63, 3.8) is 0 Å². The second-order valence-electron chi connectivity index (χ2n) is 6.06. The minimum atomic E-state index is -0.276. The first-order chi connectivity index (χ1) is 12.4. The SMILES string of the molecule is COC(=O)CCC1=C(C)C=N/C1=C(/Cl)c1[nH]cc(C)c1CCC(=O)OC. The molecule has 0 amide bonds. The summed E-state index contributed by atoms with van der Waals surface area (Å²) in [5.74, 6) is -0.545. The van der Waals surface area contributed by atoms with Gasteiger partial charge in [0.1, 0.15) is 0 Å². The van der Waals surface area contributed by atoms with Crippen LogP contribution in [0.15, 0.2) is 28.0 Å². The lowest BCUT2D eigenvalue weighted by Gasteiger charge is -2.10. The van der Waals surface area contributed by atoms with Crippen LogP contribution in [0.3, 0.4) is 0 Å². The largest absolute Gasteiger partial charge is 0.469 e. The number of H-pyrrole nitrogens is 1. The molecule has 7 heteroatoms. The number of hydrogen-bond acceptors (Lipinski definition) is 5.